The van der Waals surface area contributed by atoms with Crippen molar-refractivity contribution in [3.63, 3.8) is 0 Å². The third-order valence-electron chi connectivity index (χ3n) is 5.19. The van der Waals surface area contributed by atoms with Crippen LogP contribution in [0.5, 0.6) is 0 Å². The van der Waals surface area contributed by atoms with Gasteiger partial charge in [0.1, 0.15) is 9.88 Å². The van der Waals surface area contributed by atoms with Crippen LogP contribution in [0, 0.1) is 5.92 Å². The summed E-state index contributed by atoms with van der Waals surface area (Å²) < 4.78 is 0. The summed E-state index contributed by atoms with van der Waals surface area (Å²) in [5.41, 5.74) is 2.84. The van der Waals surface area contributed by atoms with E-state index in [-0.39, 0.29) is 18.3 Å². The zero-order valence-corrected chi connectivity index (χ0v) is 18.1. The average Bonchev–Trinajstić information content (AvgIpc) is 3.20. The second-order valence-electron chi connectivity index (χ2n) is 7.25. The highest BCUT2D eigenvalue weighted by molar-refractivity contribution is 7.17. The Balaban J connectivity index is 0.00000240. The first-order chi connectivity index (χ1) is 13.8. The Labute approximate surface area is 182 Å². The maximum atomic E-state index is 13.5. The predicted molar refractivity (Wildman–Crippen MR) is 123 cm³/mol. The fraction of sp³-hybridized carbons (Fsp3) is 0.304. The molecule has 1 atom stereocenters. The monoisotopic (exact) mass is 427 g/mol. The smallest absolute Gasteiger partial charge is 0.266 e. The van der Waals surface area contributed by atoms with Crippen LogP contribution in [-0.2, 0) is 0 Å². The molecule has 0 radical (unpaired) electrons. The van der Waals surface area contributed by atoms with Crippen LogP contribution in [0.15, 0.2) is 60.7 Å². The van der Waals surface area contributed by atoms with Crippen LogP contribution < -0.4 is 5.32 Å². The van der Waals surface area contributed by atoms with E-state index < -0.39 is 0 Å². The number of halogens is 1. The van der Waals surface area contributed by atoms with Crippen molar-refractivity contribution in [1.29, 1.82) is 0 Å². The first kappa shape index (κ1) is 21.5. The van der Waals surface area contributed by atoms with E-state index in [0.29, 0.717) is 5.92 Å². The topological polar surface area (TPSA) is 45.2 Å². The van der Waals surface area contributed by atoms with E-state index >= 15 is 0 Å². The van der Waals surface area contributed by atoms with Gasteiger partial charge < -0.3 is 10.2 Å². The molecule has 4 rings (SSSR count). The SMILES string of the molecule is CNCC1CCCN(C(=O)c2sc(-c3ccccc3)nc2-c2ccccc2)C1.Cl. The zero-order valence-electron chi connectivity index (χ0n) is 16.5. The van der Waals surface area contributed by atoms with E-state index in [0.717, 1.165) is 52.8 Å². The first-order valence-corrected chi connectivity index (χ1v) is 10.6. The van der Waals surface area contributed by atoms with Gasteiger partial charge in [0.2, 0.25) is 0 Å². The number of hydrogen-bond donors (Lipinski definition) is 1. The van der Waals surface area contributed by atoms with Crippen molar-refractivity contribution in [2.45, 2.75) is 12.8 Å². The minimum atomic E-state index is 0. The van der Waals surface area contributed by atoms with Gasteiger partial charge >= 0.3 is 0 Å². The highest BCUT2D eigenvalue weighted by Crippen LogP contribution is 2.35. The molecule has 0 spiro atoms. The third kappa shape index (κ3) is 4.86. The van der Waals surface area contributed by atoms with Crippen LogP contribution in [0.4, 0.5) is 0 Å². The Hall–Kier alpha value is -2.21. The average molecular weight is 428 g/mol. The van der Waals surface area contributed by atoms with Crippen molar-refractivity contribution in [3.8, 4) is 21.8 Å². The van der Waals surface area contributed by atoms with E-state index in [9.17, 15) is 4.79 Å². The summed E-state index contributed by atoms with van der Waals surface area (Å²) in [6.07, 6.45) is 2.23. The normalized spacial score (nSPS) is 16.3. The highest BCUT2D eigenvalue weighted by atomic mass is 35.5. The lowest BCUT2D eigenvalue weighted by Gasteiger charge is -2.32. The maximum absolute atomic E-state index is 13.5. The molecule has 1 aliphatic heterocycles. The van der Waals surface area contributed by atoms with E-state index in [1.54, 1.807) is 0 Å². The van der Waals surface area contributed by atoms with Gasteiger partial charge in [-0.1, -0.05) is 60.7 Å². The number of thiazole rings is 1. The van der Waals surface area contributed by atoms with Crippen LogP contribution in [0.3, 0.4) is 0 Å². The minimum Gasteiger partial charge on any atom is -0.338 e. The van der Waals surface area contributed by atoms with Gasteiger partial charge in [-0.2, -0.15) is 0 Å². The second kappa shape index (κ2) is 10.0. The molecular weight excluding hydrogens is 402 g/mol. The van der Waals surface area contributed by atoms with Gasteiger partial charge in [-0.05, 0) is 32.4 Å². The van der Waals surface area contributed by atoms with E-state index in [2.05, 4.69) is 5.32 Å². The van der Waals surface area contributed by atoms with Crippen molar-refractivity contribution >= 4 is 29.7 Å². The van der Waals surface area contributed by atoms with Crippen molar-refractivity contribution in [2.24, 2.45) is 5.92 Å². The van der Waals surface area contributed by atoms with E-state index in [1.165, 1.54) is 17.8 Å². The number of likely N-dealkylation sites (tertiary alicyclic amines) is 1. The molecule has 2 heterocycles. The number of hydrogen-bond acceptors (Lipinski definition) is 4. The number of piperidine rings is 1. The van der Waals surface area contributed by atoms with Crippen molar-refractivity contribution in [2.75, 3.05) is 26.7 Å². The molecular formula is C23H26ClN3OS. The lowest BCUT2D eigenvalue weighted by atomic mass is 9.97. The minimum absolute atomic E-state index is 0. The molecule has 1 aliphatic rings. The largest absolute Gasteiger partial charge is 0.338 e. The quantitative estimate of drug-likeness (QED) is 0.625. The highest BCUT2D eigenvalue weighted by Gasteiger charge is 2.28. The van der Waals surface area contributed by atoms with Crippen LogP contribution in [0.1, 0.15) is 22.5 Å². The van der Waals surface area contributed by atoms with Gasteiger partial charge in [0.05, 0.1) is 5.69 Å². The molecule has 1 fully saturated rings. The van der Waals surface area contributed by atoms with Gasteiger partial charge in [-0.3, -0.25) is 4.79 Å². The summed E-state index contributed by atoms with van der Waals surface area (Å²) in [5, 5.41) is 4.15. The Bertz CT molecular complexity index is 928. The lowest BCUT2D eigenvalue weighted by molar-refractivity contribution is 0.0679. The molecule has 29 heavy (non-hydrogen) atoms. The number of rotatable bonds is 5. The van der Waals surface area contributed by atoms with Crippen molar-refractivity contribution in [1.82, 2.24) is 15.2 Å². The van der Waals surface area contributed by atoms with Crippen molar-refractivity contribution in [3.05, 3.63) is 65.5 Å². The van der Waals surface area contributed by atoms with E-state index in [4.69, 9.17) is 4.98 Å². The van der Waals surface area contributed by atoms with Crippen molar-refractivity contribution < 1.29 is 4.79 Å². The van der Waals surface area contributed by atoms with E-state index in [1.807, 2.05) is 72.6 Å². The number of carbonyl (C=O) groups is 1. The summed E-state index contributed by atoms with van der Waals surface area (Å²) in [5.74, 6) is 0.628. The van der Waals surface area contributed by atoms with Gasteiger partial charge in [-0.15, -0.1) is 23.7 Å². The summed E-state index contributed by atoms with van der Waals surface area (Å²) >= 11 is 1.51. The van der Waals surface area contributed by atoms with Gasteiger partial charge in [0, 0.05) is 24.2 Å². The summed E-state index contributed by atoms with van der Waals surface area (Å²) in [4.78, 5) is 21.1. The number of nitrogens with zero attached hydrogens (tertiary/aromatic N) is 2. The number of nitrogens with one attached hydrogen (secondary N) is 1. The Kier molecular flexibility index (Phi) is 7.42. The second-order valence-corrected chi connectivity index (χ2v) is 8.24. The molecule has 1 amide bonds. The molecule has 0 saturated carbocycles. The molecule has 1 aromatic heterocycles. The van der Waals surface area contributed by atoms with Crippen LogP contribution in [0.25, 0.3) is 21.8 Å². The van der Waals surface area contributed by atoms with Gasteiger partial charge in [0.15, 0.2) is 0 Å². The standard InChI is InChI=1S/C23H25N3OS.ClH/c1-24-15-17-9-8-14-26(16-17)23(27)21-20(18-10-4-2-5-11-18)25-22(28-21)19-12-6-3-7-13-19;/h2-7,10-13,17,24H,8-9,14-16H2,1H3;1H. The third-order valence-corrected chi connectivity index (χ3v) is 6.28. The zero-order chi connectivity index (χ0) is 19.3. The molecule has 3 aromatic rings. The number of benzene rings is 2. The number of carbonyl (C=O) groups excluding carboxylic acids is 1. The van der Waals surface area contributed by atoms with Gasteiger partial charge in [0.25, 0.3) is 5.91 Å². The lowest BCUT2D eigenvalue weighted by Crippen LogP contribution is -2.42. The fourth-order valence-corrected chi connectivity index (χ4v) is 4.87. The molecule has 4 nitrogen and oxygen atoms in total. The molecule has 1 N–H and O–H groups in total. The maximum Gasteiger partial charge on any atom is 0.266 e. The summed E-state index contributed by atoms with van der Waals surface area (Å²) in [7, 11) is 1.98. The van der Waals surface area contributed by atoms with Gasteiger partial charge in [-0.25, -0.2) is 4.98 Å². The Morgan fingerprint density at radius 2 is 1.76 bits per heavy atom. The summed E-state index contributed by atoms with van der Waals surface area (Å²) in [6.45, 7) is 2.59. The molecule has 6 heteroatoms. The molecule has 1 unspecified atom stereocenters. The molecule has 2 aromatic carbocycles. The Morgan fingerprint density at radius 1 is 1.10 bits per heavy atom. The fourth-order valence-electron chi connectivity index (χ4n) is 3.81. The Morgan fingerprint density at radius 3 is 2.41 bits per heavy atom. The predicted octanol–water partition coefficient (Wildman–Crippen LogP) is 4.97. The molecule has 1 saturated heterocycles. The van der Waals surface area contributed by atoms with Crippen LogP contribution in [-0.4, -0.2) is 42.5 Å². The molecule has 0 aliphatic carbocycles. The number of aromatic nitrogens is 1. The molecule has 152 valence electrons. The molecule has 0 bridgehead atoms. The first-order valence-electron chi connectivity index (χ1n) is 9.82. The van der Waals surface area contributed by atoms with Crippen LogP contribution in [0.2, 0.25) is 0 Å². The summed E-state index contributed by atoms with van der Waals surface area (Å²) in [6, 6.07) is 20.1. The number of amides is 1. The van der Waals surface area contributed by atoms with Crippen LogP contribution >= 0.6 is 23.7 Å².